The number of nitrogens with two attached hydrogens (primary N) is 1. The smallest absolute Gasteiger partial charge is 0.150 e. The Bertz CT molecular complexity index is 937. The number of aryl methyl sites for hydroxylation is 1. The van der Waals surface area contributed by atoms with Crippen molar-refractivity contribution in [2.45, 2.75) is 58.9 Å². The number of nitrogens with zero attached hydrogens (tertiary/aromatic N) is 3. The maximum Gasteiger partial charge on any atom is 0.150 e. The molecule has 184 valence electrons. The van der Waals surface area contributed by atoms with Gasteiger partial charge in [-0.05, 0) is 38.0 Å². The SMILES string of the molecule is C1CCC(N2CCOCC2)CC1.CC.Cc1ccccc1.Nc1ncnc2ccc(C=O)cc12. The van der Waals surface area contributed by atoms with Crippen LogP contribution in [-0.4, -0.2) is 53.5 Å². The molecule has 34 heavy (non-hydrogen) atoms. The van der Waals surface area contributed by atoms with Crippen LogP contribution in [0.1, 0.15) is 61.9 Å². The molecule has 1 aromatic heterocycles. The highest BCUT2D eigenvalue weighted by molar-refractivity contribution is 5.92. The van der Waals surface area contributed by atoms with Crippen molar-refractivity contribution in [1.29, 1.82) is 0 Å². The Morgan fingerprint density at radius 3 is 2.24 bits per heavy atom. The van der Waals surface area contributed by atoms with Crippen LogP contribution in [0.4, 0.5) is 5.82 Å². The molecule has 1 aliphatic heterocycles. The molecule has 0 unspecified atom stereocenters. The quantitative estimate of drug-likeness (QED) is 0.490. The summed E-state index contributed by atoms with van der Waals surface area (Å²) in [5.41, 5.74) is 8.26. The normalized spacial score (nSPS) is 16.1. The molecule has 0 atom stereocenters. The van der Waals surface area contributed by atoms with Gasteiger partial charge in [-0.1, -0.05) is 69.0 Å². The van der Waals surface area contributed by atoms with Crippen LogP contribution in [0.3, 0.4) is 0 Å². The number of anilines is 1. The average molecular weight is 465 g/mol. The molecule has 2 aliphatic rings. The highest BCUT2D eigenvalue weighted by atomic mass is 16.5. The van der Waals surface area contributed by atoms with E-state index in [1.807, 2.05) is 32.0 Å². The van der Waals surface area contributed by atoms with E-state index in [1.54, 1.807) is 18.2 Å². The number of nitrogen functional groups attached to an aromatic ring is 1. The zero-order valence-corrected chi connectivity index (χ0v) is 21.0. The average Bonchev–Trinajstić information content (AvgIpc) is 2.92. The summed E-state index contributed by atoms with van der Waals surface area (Å²) in [5.74, 6) is 0.397. The molecule has 2 fully saturated rings. The van der Waals surface area contributed by atoms with Crippen LogP contribution >= 0.6 is 0 Å². The molecule has 0 bridgehead atoms. The molecule has 0 spiro atoms. The zero-order valence-electron chi connectivity index (χ0n) is 21.0. The van der Waals surface area contributed by atoms with E-state index < -0.39 is 0 Å². The zero-order chi connectivity index (χ0) is 24.6. The first-order chi connectivity index (χ1) is 16.7. The van der Waals surface area contributed by atoms with Crippen LogP contribution < -0.4 is 5.73 Å². The van der Waals surface area contributed by atoms with Gasteiger partial charge in [-0.2, -0.15) is 0 Å². The molecule has 0 amide bonds. The first kappa shape index (κ1) is 27.4. The molecule has 1 saturated carbocycles. The van der Waals surface area contributed by atoms with Crippen LogP contribution in [0.25, 0.3) is 10.9 Å². The summed E-state index contributed by atoms with van der Waals surface area (Å²) >= 11 is 0. The van der Waals surface area contributed by atoms with E-state index in [9.17, 15) is 4.79 Å². The van der Waals surface area contributed by atoms with E-state index in [0.29, 0.717) is 16.8 Å². The van der Waals surface area contributed by atoms with Gasteiger partial charge in [0.1, 0.15) is 18.4 Å². The number of aldehydes is 1. The van der Waals surface area contributed by atoms with E-state index >= 15 is 0 Å². The molecule has 2 aromatic carbocycles. The van der Waals surface area contributed by atoms with Crippen molar-refractivity contribution in [2.24, 2.45) is 0 Å². The number of hydrogen-bond donors (Lipinski definition) is 1. The van der Waals surface area contributed by atoms with Gasteiger partial charge in [0, 0.05) is 30.1 Å². The third-order valence-electron chi connectivity index (χ3n) is 5.90. The molecular formula is C28H40N4O2. The minimum Gasteiger partial charge on any atom is -0.383 e. The van der Waals surface area contributed by atoms with Crippen molar-refractivity contribution in [1.82, 2.24) is 14.9 Å². The van der Waals surface area contributed by atoms with Gasteiger partial charge in [0.25, 0.3) is 0 Å². The van der Waals surface area contributed by atoms with Crippen LogP contribution in [0.15, 0.2) is 54.9 Å². The van der Waals surface area contributed by atoms with Gasteiger partial charge in [0.2, 0.25) is 0 Å². The number of carbonyl (C=O) groups is 1. The molecular weight excluding hydrogens is 424 g/mol. The molecule has 5 rings (SSSR count). The maximum atomic E-state index is 10.5. The minimum absolute atomic E-state index is 0.397. The highest BCUT2D eigenvalue weighted by Gasteiger charge is 2.22. The summed E-state index contributed by atoms with van der Waals surface area (Å²) < 4.78 is 5.35. The number of aromatic nitrogens is 2. The number of benzene rings is 2. The predicted molar refractivity (Wildman–Crippen MR) is 141 cm³/mol. The van der Waals surface area contributed by atoms with Crippen LogP contribution in [0, 0.1) is 6.92 Å². The van der Waals surface area contributed by atoms with Gasteiger partial charge in [0.05, 0.1) is 18.7 Å². The second kappa shape index (κ2) is 15.9. The van der Waals surface area contributed by atoms with Crippen LogP contribution in [0.5, 0.6) is 0 Å². The third kappa shape index (κ3) is 9.20. The molecule has 2 N–H and O–H groups in total. The number of hydrogen-bond acceptors (Lipinski definition) is 6. The topological polar surface area (TPSA) is 81.3 Å². The highest BCUT2D eigenvalue weighted by Crippen LogP contribution is 2.23. The first-order valence-corrected chi connectivity index (χ1v) is 12.5. The van der Waals surface area contributed by atoms with Gasteiger partial charge in [-0.15, -0.1) is 0 Å². The van der Waals surface area contributed by atoms with Gasteiger partial charge in [0.15, 0.2) is 0 Å². The summed E-state index contributed by atoms with van der Waals surface area (Å²) in [4.78, 5) is 21.0. The largest absolute Gasteiger partial charge is 0.383 e. The molecule has 2 heterocycles. The van der Waals surface area contributed by atoms with Crippen molar-refractivity contribution in [3.05, 3.63) is 66.0 Å². The maximum absolute atomic E-state index is 10.5. The van der Waals surface area contributed by atoms with Crippen molar-refractivity contribution < 1.29 is 9.53 Å². The summed E-state index contributed by atoms with van der Waals surface area (Å²) in [6.45, 7) is 10.3. The van der Waals surface area contributed by atoms with Crippen molar-refractivity contribution in [3.63, 3.8) is 0 Å². The fourth-order valence-electron chi connectivity index (χ4n) is 4.09. The summed E-state index contributed by atoms with van der Waals surface area (Å²) in [6, 6.07) is 16.3. The lowest BCUT2D eigenvalue weighted by molar-refractivity contribution is 0.00858. The number of carbonyl (C=O) groups excluding carboxylic acids is 1. The van der Waals surface area contributed by atoms with Gasteiger partial charge in [-0.25, -0.2) is 9.97 Å². The van der Waals surface area contributed by atoms with Crippen molar-refractivity contribution >= 4 is 23.0 Å². The van der Waals surface area contributed by atoms with Crippen molar-refractivity contribution in [2.75, 3.05) is 32.0 Å². The third-order valence-corrected chi connectivity index (χ3v) is 5.90. The fourth-order valence-corrected chi connectivity index (χ4v) is 4.09. The van der Waals surface area contributed by atoms with Crippen LogP contribution in [0.2, 0.25) is 0 Å². The molecule has 6 nitrogen and oxygen atoms in total. The Hall–Kier alpha value is -2.83. The second-order valence-electron chi connectivity index (χ2n) is 8.25. The Balaban J connectivity index is 0.000000181. The van der Waals surface area contributed by atoms with Gasteiger partial charge < -0.3 is 10.5 Å². The van der Waals surface area contributed by atoms with Crippen LogP contribution in [-0.2, 0) is 4.74 Å². The molecule has 1 saturated heterocycles. The van der Waals surface area contributed by atoms with E-state index in [-0.39, 0.29) is 0 Å². The molecule has 3 aromatic rings. The van der Waals surface area contributed by atoms with E-state index in [4.69, 9.17) is 10.5 Å². The van der Waals surface area contributed by atoms with E-state index in [2.05, 4.69) is 33.9 Å². The standard InChI is InChI=1S/C10H19NO.C9H7N3O.C7H8.C2H6/c1-2-4-10(5-3-1)11-6-8-12-9-7-11;10-9-7-3-6(4-13)1-2-8(7)11-5-12-9;1-7-5-3-2-4-6-7;1-2/h10H,1-9H2;1-5H,(H2,10,11,12);2-6H,1H3;1-2H3. The summed E-state index contributed by atoms with van der Waals surface area (Å²) in [5, 5.41) is 0.715. The van der Waals surface area contributed by atoms with Gasteiger partial charge in [-0.3, -0.25) is 9.69 Å². The molecule has 6 heteroatoms. The summed E-state index contributed by atoms with van der Waals surface area (Å²) in [6.07, 6.45) is 9.38. The lowest BCUT2D eigenvalue weighted by atomic mass is 9.94. The predicted octanol–water partition coefficient (Wildman–Crippen LogP) is 5.70. The second-order valence-corrected chi connectivity index (χ2v) is 8.25. The summed E-state index contributed by atoms with van der Waals surface area (Å²) in [7, 11) is 0. The Morgan fingerprint density at radius 1 is 0.971 bits per heavy atom. The van der Waals surface area contributed by atoms with Gasteiger partial charge >= 0.3 is 0 Å². The van der Waals surface area contributed by atoms with E-state index in [0.717, 1.165) is 31.1 Å². The Kier molecular flexibility index (Phi) is 12.8. The number of rotatable bonds is 2. The van der Waals surface area contributed by atoms with E-state index in [1.165, 1.54) is 57.1 Å². The molecule has 1 aliphatic carbocycles. The lowest BCUT2D eigenvalue weighted by Crippen LogP contribution is -2.44. The number of morpholine rings is 1. The minimum atomic E-state index is 0.397. The Labute approximate surface area is 204 Å². The fraction of sp³-hybridized carbons (Fsp3) is 0.464. The first-order valence-electron chi connectivity index (χ1n) is 12.5. The lowest BCUT2D eigenvalue weighted by Gasteiger charge is -2.36. The number of ether oxygens (including phenoxy) is 1. The monoisotopic (exact) mass is 464 g/mol. The number of fused-ring (bicyclic) bond motifs is 1. The van der Waals surface area contributed by atoms with Crippen molar-refractivity contribution in [3.8, 4) is 0 Å². The molecule has 0 radical (unpaired) electrons. The Morgan fingerprint density at radius 2 is 1.65 bits per heavy atom.